The van der Waals surface area contributed by atoms with Crippen molar-refractivity contribution in [1.29, 1.82) is 0 Å². The van der Waals surface area contributed by atoms with Crippen LogP contribution < -0.4 is 10.1 Å². The van der Waals surface area contributed by atoms with Crippen LogP contribution in [-0.4, -0.2) is 30.9 Å². The molecule has 120 valence electrons. The quantitative estimate of drug-likeness (QED) is 0.659. The van der Waals surface area contributed by atoms with Crippen LogP contribution in [-0.2, 0) is 0 Å². The lowest BCUT2D eigenvalue weighted by atomic mass is 9.99. The van der Waals surface area contributed by atoms with Gasteiger partial charge in [0.1, 0.15) is 25.0 Å². The number of aliphatic hydroxyl groups is 1. The molecule has 0 aromatic heterocycles. The number of unbranched alkanes of at least 4 members (excludes halogenated alkanes) is 1. The third-order valence-electron chi connectivity index (χ3n) is 3.95. The molecule has 3 heteroatoms. The van der Waals surface area contributed by atoms with Crippen molar-refractivity contribution in [3.8, 4) is 5.75 Å². The second-order valence-electron chi connectivity index (χ2n) is 5.95. The molecule has 0 heterocycles. The molecule has 2 atom stereocenters. The Morgan fingerprint density at radius 2 is 1.86 bits per heavy atom. The summed E-state index contributed by atoms with van der Waals surface area (Å²) in [6, 6.07) is 7.94. The number of rotatable bonds is 11. The second kappa shape index (κ2) is 10.6. The fourth-order valence-electron chi connectivity index (χ4n) is 2.40. The number of aliphatic hydroxyl groups excluding tert-OH is 1. The van der Waals surface area contributed by atoms with E-state index in [0.29, 0.717) is 13.2 Å². The topological polar surface area (TPSA) is 46.1 Å². The van der Waals surface area contributed by atoms with Crippen LogP contribution in [0.3, 0.4) is 0 Å². The predicted octanol–water partition coefficient (Wildman–Crippen LogP) is 2.51. The Balaban J connectivity index is 2.15. The Hall–Kier alpha value is -1.06. The Kier molecular flexibility index (Phi) is 9.11. The van der Waals surface area contributed by atoms with Gasteiger partial charge in [-0.3, -0.25) is 0 Å². The molecule has 0 unspecified atom stereocenters. The van der Waals surface area contributed by atoms with Crippen LogP contribution in [0.4, 0.5) is 0 Å². The lowest BCUT2D eigenvalue weighted by Gasteiger charge is -2.15. The first kappa shape index (κ1) is 18.0. The molecule has 0 saturated carbocycles. The number of quaternary nitrogens is 1. The molecule has 0 fully saturated rings. The van der Waals surface area contributed by atoms with E-state index in [-0.39, 0.29) is 0 Å². The highest BCUT2D eigenvalue weighted by molar-refractivity contribution is 5.26. The van der Waals surface area contributed by atoms with E-state index in [1.165, 1.54) is 31.2 Å². The molecule has 0 aliphatic rings. The van der Waals surface area contributed by atoms with Gasteiger partial charge in [0.15, 0.2) is 0 Å². The summed E-state index contributed by atoms with van der Waals surface area (Å²) in [5.41, 5.74) is 1.22. The monoisotopic (exact) mass is 294 g/mol. The molecule has 0 amide bonds. The average Bonchev–Trinajstić information content (AvgIpc) is 2.50. The predicted molar refractivity (Wildman–Crippen MR) is 87.6 cm³/mol. The van der Waals surface area contributed by atoms with Crippen molar-refractivity contribution in [1.82, 2.24) is 0 Å². The summed E-state index contributed by atoms with van der Waals surface area (Å²) >= 11 is 0. The van der Waals surface area contributed by atoms with E-state index in [4.69, 9.17) is 4.74 Å². The third kappa shape index (κ3) is 8.08. The highest BCUT2D eigenvalue weighted by Crippen LogP contribution is 2.11. The maximum atomic E-state index is 9.97. The summed E-state index contributed by atoms with van der Waals surface area (Å²) < 4.78 is 5.60. The third-order valence-corrected chi connectivity index (χ3v) is 3.95. The molecular formula is C18H32NO2+. The molecule has 1 aromatic carbocycles. The van der Waals surface area contributed by atoms with Gasteiger partial charge in [0.25, 0.3) is 0 Å². The molecule has 3 nitrogen and oxygen atoms in total. The first-order valence-electron chi connectivity index (χ1n) is 8.34. The van der Waals surface area contributed by atoms with E-state index in [1.807, 2.05) is 24.3 Å². The van der Waals surface area contributed by atoms with E-state index in [2.05, 4.69) is 26.1 Å². The number of aryl methyl sites for hydroxylation is 1. The van der Waals surface area contributed by atoms with E-state index in [0.717, 1.165) is 18.2 Å². The van der Waals surface area contributed by atoms with E-state index < -0.39 is 6.10 Å². The van der Waals surface area contributed by atoms with Gasteiger partial charge >= 0.3 is 0 Å². The Morgan fingerprint density at radius 1 is 1.14 bits per heavy atom. The molecule has 1 aromatic rings. The van der Waals surface area contributed by atoms with Gasteiger partial charge < -0.3 is 15.2 Å². The molecule has 1 rings (SSSR count). The molecule has 0 aliphatic heterocycles. The number of ether oxygens (including phenoxy) is 1. The number of hydrogen-bond donors (Lipinski definition) is 2. The summed E-state index contributed by atoms with van der Waals surface area (Å²) in [4.78, 5) is 0. The van der Waals surface area contributed by atoms with Crippen LogP contribution in [0.1, 0.15) is 45.1 Å². The number of nitrogens with two attached hydrogens (primary N) is 1. The minimum atomic E-state index is -0.407. The summed E-state index contributed by atoms with van der Waals surface area (Å²) in [5.74, 6) is 1.60. The molecule has 3 N–H and O–H groups in total. The zero-order valence-corrected chi connectivity index (χ0v) is 13.8. The minimum absolute atomic E-state index is 0.366. The molecular weight excluding hydrogens is 262 g/mol. The fraction of sp³-hybridized carbons (Fsp3) is 0.667. The van der Waals surface area contributed by atoms with Gasteiger partial charge in [-0.1, -0.05) is 44.4 Å². The Morgan fingerprint density at radius 3 is 2.48 bits per heavy atom. The number of benzene rings is 1. The lowest BCUT2D eigenvalue weighted by Crippen LogP contribution is -2.87. The van der Waals surface area contributed by atoms with Crippen LogP contribution in [0.15, 0.2) is 24.3 Å². The van der Waals surface area contributed by atoms with Crippen molar-refractivity contribution >= 4 is 0 Å². The van der Waals surface area contributed by atoms with Crippen molar-refractivity contribution in [3.63, 3.8) is 0 Å². The van der Waals surface area contributed by atoms with Gasteiger partial charge in [0.2, 0.25) is 0 Å². The summed E-state index contributed by atoms with van der Waals surface area (Å²) in [5, 5.41) is 12.2. The van der Waals surface area contributed by atoms with Gasteiger partial charge in [0.05, 0.1) is 6.54 Å². The van der Waals surface area contributed by atoms with Gasteiger partial charge in [-0.25, -0.2) is 0 Å². The standard InChI is InChI=1S/C18H31NO2/c1-4-6-7-16(5-2)12-19-13-17(20)14-21-18-10-8-15(3)9-11-18/h8-11,16-17,19-20H,4-7,12-14H2,1-3H3/p+1/t16-,17+/m1/s1. The van der Waals surface area contributed by atoms with Crippen molar-refractivity contribution in [3.05, 3.63) is 29.8 Å². The summed E-state index contributed by atoms with van der Waals surface area (Å²) in [6.45, 7) is 8.74. The summed E-state index contributed by atoms with van der Waals surface area (Å²) in [7, 11) is 0. The lowest BCUT2D eigenvalue weighted by molar-refractivity contribution is -0.666. The van der Waals surface area contributed by atoms with Crippen molar-refractivity contribution < 1.29 is 15.2 Å². The smallest absolute Gasteiger partial charge is 0.137 e. The zero-order chi connectivity index (χ0) is 15.5. The largest absolute Gasteiger partial charge is 0.491 e. The van der Waals surface area contributed by atoms with E-state index in [1.54, 1.807) is 0 Å². The first-order chi connectivity index (χ1) is 10.2. The highest BCUT2D eigenvalue weighted by atomic mass is 16.5. The Bertz CT molecular complexity index is 364. The van der Waals surface area contributed by atoms with Crippen LogP contribution in [0, 0.1) is 12.8 Å². The first-order valence-corrected chi connectivity index (χ1v) is 8.34. The highest BCUT2D eigenvalue weighted by Gasteiger charge is 2.11. The zero-order valence-electron chi connectivity index (χ0n) is 13.8. The maximum Gasteiger partial charge on any atom is 0.137 e. The Labute approximate surface area is 129 Å². The van der Waals surface area contributed by atoms with Gasteiger partial charge in [-0.15, -0.1) is 0 Å². The maximum absolute atomic E-state index is 9.97. The van der Waals surface area contributed by atoms with E-state index >= 15 is 0 Å². The van der Waals surface area contributed by atoms with Crippen molar-refractivity contribution in [2.24, 2.45) is 5.92 Å². The average molecular weight is 294 g/mol. The second-order valence-corrected chi connectivity index (χ2v) is 5.95. The van der Waals surface area contributed by atoms with Crippen molar-refractivity contribution in [2.45, 2.75) is 52.6 Å². The molecule has 21 heavy (non-hydrogen) atoms. The van der Waals surface area contributed by atoms with Crippen LogP contribution >= 0.6 is 0 Å². The van der Waals surface area contributed by atoms with Gasteiger partial charge in [-0.05, 0) is 31.9 Å². The van der Waals surface area contributed by atoms with Gasteiger partial charge in [0, 0.05) is 5.92 Å². The normalized spacial score (nSPS) is 13.9. The van der Waals surface area contributed by atoms with Crippen LogP contribution in [0.5, 0.6) is 5.75 Å². The van der Waals surface area contributed by atoms with Crippen LogP contribution in [0.2, 0.25) is 0 Å². The minimum Gasteiger partial charge on any atom is -0.491 e. The molecule has 0 aliphatic carbocycles. The van der Waals surface area contributed by atoms with E-state index in [9.17, 15) is 5.11 Å². The molecule has 0 saturated heterocycles. The summed E-state index contributed by atoms with van der Waals surface area (Å²) in [6.07, 6.45) is 4.70. The van der Waals surface area contributed by atoms with Crippen LogP contribution in [0.25, 0.3) is 0 Å². The molecule has 0 radical (unpaired) electrons. The SMILES string of the molecule is CCCC[C@@H](CC)C[NH2+]C[C@H](O)COc1ccc(C)cc1. The molecule has 0 bridgehead atoms. The number of hydrogen-bond acceptors (Lipinski definition) is 2. The fourth-order valence-corrected chi connectivity index (χ4v) is 2.40. The van der Waals surface area contributed by atoms with Crippen molar-refractivity contribution in [2.75, 3.05) is 19.7 Å². The molecule has 0 spiro atoms. The van der Waals surface area contributed by atoms with Gasteiger partial charge in [-0.2, -0.15) is 0 Å².